The summed E-state index contributed by atoms with van der Waals surface area (Å²) in [5, 5.41) is 2.12. The van der Waals surface area contributed by atoms with Crippen LogP contribution >= 0.6 is 27.3 Å². The van der Waals surface area contributed by atoms with Crippen LogP contribution in [0, 0.1) is 0 Å². The molecule has 0 amide bonds. The van der Waals surface area contributed by atoms with Crippen LogP contribution in [0.3, 0.4) is 0 Å². The van der Waals surface area contributed by atoms with Crippen LogP contribution in [0.1, 0.15) is 10.4 Å². The Morgan fingerprint density at radius 2 is 1.90 bits per heavy atom. The summed E-state index contributed by atoms with van der Waals surface area (Å²) in [6.45, 7) is 1.98. The van der Waals surface area contributed by atoms with E-state index in [0.29, 0.717) is 0 Å². The molecule has 0 aliphatic carbocycles. The van der Waals surface area contributed by atoms with E-state index in [4.69, 9.17) is 9.47 Å². The van der Waals surface area contributed by atoms with Gasteiger partial charge in [-0.15, -0.1) is 11.3 Å². The number of rotatable bonds is 7. The van der Waals surface area contributed by atoms with Gasteiger partial charge in [-0.1, -0.05) is 6.07 Å². The minimum atomic E-state index is 0.776. The number of hydrogen-bond donors (Lipinski definition) is 0. The Morgan fingerprint density at radius 1 is 1.14 bits per heavy atom. The van der Waals surface area contributed by atoms with Crippen LogP contribution < -0.4 is 9.47 Å². The van der Waals surface area contributed by atoms with E-state index in [1.807, 2.05) is 6.07 Å². The van der Waals surface area contributed by atoms with E-state index >= 15 is 0 Å². The molecule has 0 atom stereocenters. The van der Waals surface area contributed by atoms with E-state index in [2.05, 4.69) is 51.5 Å². The topological polar surface area (TPSA) is 21.7 Å². The highest BCUT2D eigenvalue weighted by molar-refractivity contribution is 9.10. The number of nitrogens with zero attached hydrogens (tertiary/aromatic N) is 1. The van der Waals surface area contributed by atoms with Crippen molar-refractivity contribution in [3.05, 3.63) is 44.6 Å². The maximum atomic E-state index is 5.34. The average molecular weight is 370 g/mol. The molecule has 0 saturated heterocycles. The van der Waals surface area contributed by atoms with Crippen LogP contribution in [0.4, 0.5) is 0 Å². The largest absolute Gasteiger partial charge is 0.493 e. The summed E-state index contributed by atoms with van der Waals surface area (Å²) >= 11 is 5.28. The van der Waals surface area contributed by atoms with Gasteiger partial charge in [0.05, 0.1) is 14.2 Å². The summed E-state index contributed by atoms with van der Waals surface area (Å²) in [5.41, 5.74) is 1.26. The molecule has 3 nitrogen and oxygen atoms in total. The number of thiophene rings is 1. The van der Waals surface area contributed by atoms with E-state index in [1.54, 1.807) is 25.6 Å². The molecular formula is C16H20BrNO2S. The number of halogens is 1. The third-order valence-corrected chi connectivity index (χ3v) is 4.96. The first kappa shape index (κ1) is 16.3. The number of likely N-dealkylation sites (N-methyl/N-ethyl adjacent to an activating group) is 1. The van der Waals surface area contributed by atoms with E-state index < -0.39 is 0 Å². The van der Waals surface area contributed by atoms with Crippen LogP contribution in [0.2, 0.25) is 0 Å². The van der Waals surface area contributed by atoms with Gasteiger partial charge in [0.2, 0.25) is 0 Å². The lowest BCUT2D eigenvalue weighted by Crippen LogP contribution is -2.20. The monoisotopic (exact) mass is 369 g/mol. The van der Waals surface area contributed by atoms with Crippen LogP contribution in [0.5, 0.6) is 11.5 Å². The van der Waals surface area contributed by atoms with Gasteiger partial charge in [-0.3, -0.25) is 0 Å². The number of benzene rings is 1. The number of hydrogen-bond acceptors (Lipinski definition) is 4. The summed E-state index contributed by atoms with van der Waals surface area (Å²) in [7, 11) is 5.47. The van der Waals surface area contributed by atoms with Gasteiger partial charge in [0, 0.05) is 27.8 Å². The van der Waals surface area contributed by atoms with Crippen LogP contribution in [0.15, 0.2) is 34.1 Å². The Kier molecular flexibility index (Phi) is 6.08. The molecule has 1 aromatic heterocycles. The molecule has 0 bridgehead atoms. The van der Waals surface area contributed by atoms with Crippen molar-refractivity contribution in [3.63, 3.8) is 0 Å². The zero-order chi connectivity index (χ0) is 15.2. The van der Waals surface area contributed by atoms with Crippen LogP contribution in [0.25, 0.3) is 0 Å². The summed E-state index contributed by atoms with van der Waals surface area (Å²) in [4.78, 5) is 3.70. The maximum absolute atomic E-state index is 5.34. The maximum Gasteiger partial charge on any atom is 0.160 e. The molecule has 21 heavy (non-hydrogen) atoms. The quantitative estimate of drug-likeness (QED) is 0.729. The minimum absolute atomic E-state index is 0.776. The summed E-state index contributed by atoms with van der Waals surface area (Å²) in [5.74, 6) is 1.57. The first-order valence-corrected chi connectivity index (χ1v) is 8.42. The van der Waals surface area contributed by atoms with Crippen LogP contribution in [-0.4, -0.2) is 32.7 Å². The van der Waals surface area contributed by atoms with E-state index in [9.17, 15) is 0 Å². The smallest absolute Gasteiger partial charge is 0.160 e. The summed E-state index contributed by atoms with van der Waals surface area (Å²) in [6.07, 6.45) is 0.989. The molecule has 0 radical (unpaired) electrons. The molecule has 1 aromatic carbocycles. The fourth-order valence-corrected chi connectivity index (χ4v) is 3.67. The second-order valence-electron chi connectivity index (χ2n) is 4.91. The van der Waals surface area contributed by atoms with Gasteiger partial charge >= 0.3 is 0 Å². The zero-order valence-electron chi connectivity index (χ0n) is 12.6. The summed E-state index contributed by atoms with van der Waals surface area (Å²) < 4.78 is 11.8. The van der Waals surface area contributed by atoms with Gasteiger partial charge in [-0.25, -0.2) is 0 Å². The molecule has 2 rings (SSSR count). The van der Waals surface area contributed by atoms with Gasteiger partial charge < -0.3 is 14.4 Å². The van der Waals surface area contributed by atoms with Gasteiger partial charge in [0.25, 0.3) is 0 Å². The second kappa shape index (κ2) is 7.82. The third kappa shape index (κ3) is 4.73. The predicted octanol–water partition coefficient (Wildman–Crippen LogP) is 4.20. The van der Waals surface area contributed by atoms with Crippen molar-refractivity contribution in [2.24, 2.45) is 0 Å². The highest BCUT2D eigenvalue weighted by Crippen LogP contribution is 2.27. The van der Waals surface area contributed by atoms with Crippen molar-refractivity contribution in [3.8, 4) is 11.5 Å². The van der Waals surface area contributed by atoms with Crippen LogP contribution in [-0.2, 0) is 13.0 Å². The molecule has 5 heteroatoms. The minimum Gasteiger partial charge on any atom is -0.493 e. The standard InChI is InChI=1S/C16H20BrNO2S/c1-18(10-14-9-13(17)11-21-14)7-6-12-4-5-15(19-2)16(8-12)20-3/h4-5,8-9,11H,6-7,10H2,1-3H3. The molecule has 0 aliphatic heterocycles. The molecule has 1 heterocycles. The molecule has 2 aromatic rings. The molecule has 0 fully saturated rings. The second-order valence-corrected chi connectivity index (χ2v) is 6.82. The average Bonchev–Trinajstić information content (AvgIpc) is 2.89. The zero-order valence-corrected chi connectivity index (χ0v) is 15.0. The Hall–Kier alpha value is -1.04. The van der Waals surface area contributed by atoms with Crippen molar-refractivity contribution in [1.29, 1.82) is 0 Å². The van der Waals surface area contributed by atoms with Crippen molar-refractivity contribution in [2.45, 2.75) is 13.0 Å². The lowest BCUT2D eigenvalue weighted by molar-refractivity contribution is 0.332. The Labute approximate surface area is 138 Å². The summed E-state index contributed by atoms with van der Waals surface area (Å²) in [6, 6.07) is 8.29. The number of methoxy groups -OCH3 is 2. The van der Waals surface area contributed by atoms with Gasteiger partial charge in [-0.2, -0.15) is 0 Å². The van der Waals surface area contributed by atoms with E-state index in [0.717, 1.165) is 35.5 Å². The van der Waals surface area contributed by atoms with E-state index in [-0.39, 0.29) is 0 Å². The van der Waals surface area contributed by atoms with Gasteiger partial charge in [0.15, 0.2) is 11.5 Å². The van der Waals surface area contributed by atoms with Gasteiger partial charge in [0.1, 0.15) is 0 Å². The highest BCUT2D eigenvalue weighted by Gasteiger charge is 2.07. The predicted molar refractivity (Wildman–Crippen MR) is 91.6 cm³/mol. The molecule has 0 N–H and O–H groups in total. The molecule has 114 valence electrons. The molecule has 0 aliphatic rings. The molecule has 0 unspecified atom stereocenters. The molecular weight excluding hydrogens is 350 g/mol. The molecule has 0 saturated carbocycles. The first-order chi connectivity index (χ1) is 10.1. The van der Waals surface area contributed by atoms with Crippen molar-refractivity contribution < 1.29 is 9.47 Å². The Morgan fingerprint density at radius 3 is 2.52 bits per heavy atom. The third-order valence-electron chi connectivity index (χ3n) is 3.28. The van der Waals surface area contributed by atoms with Crippen molar-refractivity contribution >= 4 is 27.3 Å². The van der Waals surface area contributed by atoms with Crippen molar-refractivity contribution in [2.75, 3.05) is 27.8 Å². The fourth-order valence-electron chi connectivity index (χ4n) is 2.14. The SMILES string of the molecule is COc1ccc(CCN(C)Cc2cc(Br)cs2)cc1OC. The van der Waals surface area contributed by atoms with Crippen molar-refractivity contribution in [1.82, 2.24) is 4.90 Å². The van der Waals surface area contributed by atoms with Gasteiger partial charge in [-0.05, 0) is 53.2 Å². The lowest BCUT2D eigenvalue weighted by atomic mass is 10.1. The Balaban J connectivity index is 1.90. The number of ether oxygens (including phenoxy) is 2. The normalized spacial score (nSPS) is 10.9. The fraction of sp³-hybridized carbons (Fsp3) is 0.375. The molecule has 0 spiro atoms. The first-order valence-electron chi connectivity index (χ1n) is 6.74. The Bertz CT molecular complexity index is 585. The highest BCUT2D eigenvalue weighted by atomic mass is 79.9. The lowest BCUT2D eigenvalue weighted by Gasteiger charge is -2.16. The van der Waals surface area contributed by atoms with E-state index in [1.165, 1.54) is 10.4 Å².